The number of ether oxygens (including phenoxy) is 1. The fourth-order valence-electron chi connectivity index (χ4n) is 1.95. The summed E-state index contributed by atoms with van der Waals surface area (Å²) in [6, 6.07) is 21.7. The molecule has 1 N–H and O–H groups in total. The van der Waals surface area contributed by atoms with Crippen molar-refractivity contribution in [3.05, 3.63) is 78.5 Å². The summed E-state index contributed by atoms with van der Waals surface area (Å²) in [4.78, 5) is 3.22. The van der Waals surface area contributed by atoms with Crippen molar-refractivity contribution >= 4 is 17.3 Å². The van der Waals surface area contributed by atoms with E-state index in [4.69, 9.17) is 17.0 Å². The predicted molar refractivity (Wildman–Crippen MR) is 85.0 cm³/mol. The number of hydrogen-bond donors (Lipinski definition) is 1. The zero-order chi connectivity index (χ0) is 13.8. The molecule has 3 rings (SSSR count). The first-order chi connectivity index (χ1) is 9.83. The molecule has 1 aromatic heterocycles. The van der Waals surface area contributed by atoms with Crippen molar-refractivity contribution in [1.82, 2.24) is 4.98 Å². The van der Waals surface area contributed by atoms with Crippen LogP contribution in [0.4, 0.5) is 0 Å². The van der Waals surface area contributed by atoms with Crippen LogP contribution in [0.15, 0.2) is 72.9 Å². The monoisotopic (exact) mass is 279 g/mol. The molecule has 0 unspecified atom stereocenters. The zero-order valence-corrected chi connectivity index (χ0v) is 11.6. The second-order valence-electron chi connectivity index (χ2n) is 4.37. The Bertz CT molecular complexity index is 704. The van der Waals surface area contributed by atoms with Crippen molar-refractivity contribution in [2.24, 2.45) is 0 Å². The molecule has 3 aromatic rings. The van der Waals surface area contributed by atoms with E-state index in [2.05, 4.69) is 17.1 Å². The Morgan fingerprint density at radius 3 is 2.25 bits per heavy atom. The summed E-state index contributed by atoms with van der Waals surface area (Å²) in [5, 5.41) is 0.467. The van der Waals surface area contributed by atoms with E-state index in [1.165, 1.54) is 0 Å². The van der Waals surface area contributed by atoms with E-state index >= 15 is 0 Å². The molecule has 0 fully saturated rings. The minimum atomic E-state index is 0.467. The number of aromatic nitrogens is 1. The Labute approximate surface area is 123 Å². The van der Waals surface area contributed by atoms with Gasteiger partial charge in [0.1, 0.15) is 5.75 Å². The van der Waals surface area contributed by atoms with Crippen LogP contribution in [0.3, 0.4) is 0 Å². The van der Waals surface area contributed by atoms with Crippen molar-refractivity contribution in [1.29, 1.82) is 0 Å². The third-order valence-corrected chi connectivity index (χ3v) is 3.28. The predicted octanol–water partition coefficient (Wildman–Crippen LogP) is 4.44. The standard InChI is InChI=1S/C17H13NOS/c20-17(19-15-9-5-2-6-10-15)14-11-16(18-12-14)13-7-3-1-4-8-13/h1-12,18H. The normalized spacial score (nSPS) is 10.2. The van der Waals surface area contributed by atoms with Crippen LogP contribution in [0.2, 0.25) is 0 Å². The number of aromatic amines is 1. The Hall–Kier alpha value is -2.39. The Kier molecular flexibility index (Phi) is 3.61. The fourth-order valence-corrected chi connectivity index (χ4v) is 2.17. The van der Waals surface area contributed by atoms with E-state index in [-0.39, 0.29) is 0 Å². The molecule has 98 valence electrons. The molecule has 0 radical (unpaired) electrons. The number of rotatable bonds is 3. The molecule has 0 saturated heterocycles. The molecule has 0 aliphatic carbocycles. The van der Waals surface area contributed by atoms with Crippen LogP contribution in [-0.2, 0) is 0 Å². The first-order valence-corrected chi connectivity index (χ1v) is 6.75. The van der Waals surface area contributed by atoms with Gasteiger partial charge in [0.2, 0.25) is 0 Å². The molecule has 0 bridgehead atoms. The summed E-state index contributed by atoms with van der Waals surface area (Å²) >= 11 is 5.32. The minimum Gasteiger partial charge on any atom is -0.445 e. The second kappa shape index (κ2) is 5.72. The van der Waals surface area contributed by atoms with Crippen LogP contribution >= 0.6 is 12.2 Å². The summed E-state index contributed by atoms with van der Waals surface area (Å²) < 4.78 is 5.66. The first-order valence-electron chi connectivity index (χ1n) is 6.34. The van der Waals surface area contributed by atoms with E-state index in [9.17, 15) is 0 Å². The highest BCUT2D eigenvalue weighted by atomic mass is 32.1. The Morgan fingerprint density at radius 2 is 1.55 bits per heavy atom. The van der Waals surface area contributed by atoms with Gasteiger partial charge in [-0.3, -0.25) is 0 Å². The first kappa shape index (κ1) is 12.6. The van der Waals surface area contributed by atoms with E-state index in [1.807, 2.05) is 60.8 Å². The van der Waals surface area contributed by atoms with Gasteiger partial charge in [0, 0.05) is 17.5 Å². The average molecular weight is 279 g/mol. The lowest BCUT2D eigenvalue weighted by Gasteiger charge is -2.04. The molecule has 0 saturated carbocycles. The van der Waals surface area contributed by atoms with Crippen LogP contribution in [0.25, 0.3) is 11.3 Å². The molecule has 0 amide bonds. The van der Waals surface area contributed by atoms with Crippen molar-refractivity contribution in [2.75, 3.05) is 0 Å². The third kappa shape index (κ3) is 2.78. The summed E-state index contributed by atoms with van der Waals surface area (Å²) in [5.41, 5.74) is 3.03. The molecule has 2 aromatic carbocycles. The maximum Gasteiger partial charge on any atom is 0.199 e. The van der Waals surface area contributed by atoms with Gasteiger partial charge in [-0.15, -0.1) is 0 Å². The Morgan fingerprint density at radius 1 is 0.900 bits per heavy atom. The molecule has 0 atom stereocenters. The number of H-pyrrole nitrogens is 1. The average Bonchev–Trinajstić information content (AvgIpc) is 2.99. The number of hydrogen-bond acceptors (Lipinski definition) is 2. The lowest BCUT2D eigenvalue weighted by Crippen LogP contribution is -2.05. The van der Waals surface area contributed by atoms with Gasteiger partial charge in [-0.1, -0.05) is 48.5 Å². The highest BCUT2D eigenvalue weighted by Crippen LogP contribution is 2.20. The van der Waals surface area contributed by atoms with Gasteiger partial charge in [0.15, 0.2) is 5.05 Å². The van der Waals surface area contributed by atoms with E-state index in [0.717, 1.165) is 22.6 Å². The number of thiocarbonyl (C=S) groups is 1. The van der Waals surface area contributed by atoms with Crippen molar-refractivity contribution < 1.29 is 4.74 Å². The van der Waals surface area contributed by atoms with Crippen LogP contribution in [-0.4, -0.2) is 10.0 Å². The minimum absolute atomic E-state index is 0.467. The Balaban J connectivity index is 1.79. The van der Waals surface area contributed by atoms with Gasteiger partial charge >= 0.3 is 0 Å². The molecule has 0 aliphatic rings. The number of nitrogens with one attached hydrogen (secondary N) is 1. The third-order valence-electron chi connectivity index (χ3n) is 2.96. The van der Waals surface area contributed by atoms with E-state index in [0.29, 0.717) is 5.05 Å². The second-order valence-corrected chi connectivity index (χ2v) is 4.74. The highest BCUT2D eigenvalue weighted by Gasteiger charge is 2.08. The van der Waals surface area contributed by atoms with Crippen LogP contribution < -0.4 is 4.74 Å². The molecule has 3 heteroatoms. The van der Waals surface area contributed by atoms with Gasteiger partial charge in [0.25, 0.3) is 0 Å². The van der Waals surface area contributed by atoms with Gasteiger partial charge in [-0.25, -0.2) is 0 Å². The SMILES string of the molecule is S=C(Oc1ccccc1)c1c[nH]c(-c2ccccc2)c1. The van der Waals surface area contributed by atoms with Crippen LogP contribution in [0.5, 0.6) is 5.75 Å². The highest BCUT2D eigenvalue weighted by molar-refractivity contribution is 7.80. The summed E-state index contributed by atoms with van der Waals surface area (Å²) in [5.74, 6) is 0.750. The lowest BCUT2D eigenvalue weighted by atomic mass is 10.1. The van der Waals surface area contributed by atoms with E-state index < -0.39 is 0 Å². The van der Waals surface area contributed by atoms with Gasteiger partial charge in [0.05, 0.1) is 0 Å². The van der Waals surface area contributed by atoms with Crippen LogP contribution in [0, 0.1) is 0 Å². The quantitative estimate of drug-likeness (QED) is 0.717. The van der Waals surface area contributed by atoms with Crippen molar-refractivity contribution in [3.63, 3.8) is 0 Å². The molecule has 0 spiro atoms. The molecule has 2 nitrogen and oxygen atoms in total. The van der Waals surface area contributed by atoms with Gasteiger partial charge < -0.3 is 9.72 Å². The fraction of sp³-hybridized carbons (Fsp3) is 0. The van der Waals surface area contributed by atoms with Gasteiger partial charge in [-0.05, 0) is 36.0 Å². The smallest absolute Gasteiger partial charge is 0.199 e. The van der Waals surface area contributed by atoms with Crippen LogP contribution in [0.1, 0.15) is 5.56 Å². The summed E-state index contributed by atoms with van der Waals surface area (Å²) in [6.45, 7) is 0. The number of para-hydroxylation sites is 1. The van der Waals surface area contributed by atoms with Crippen molar-refractivity contribution in [3.8, 4) is 17.0 Å². The zero-order valence-electron chi connectivity index (χ0n) is 10.7. The maximum atomic E-state index is 5.66. The summed E-state index contributed by atoms with van der Waals surface area (Å²) in [6.07, 6.45) is 1.87. The number of benzene rings is 2. The van der Waals surface area contributed by atoms with Crippen molar-refractivity contribution in [2.45, 2.75) is 0 Å². The summed E-state index contributed by atoms with van der Waals surface area (Å²) in [7, 11) is 0. The lowest BCUT2D eigenvalue weighted by molar-refractivity contribution is 0.567. The topological polar surface area (TPSA) is 25.0 Å². The molecule has 20 heavy (non-hydrogen) atoms. The molecule has 0 aliphatic heterocycles. The molecular weight excluding hydrogens is 266 g/mol. The molecule has 1 heterocycles. The van der Waals surface area contributed by atoms with E-state index in [1.54, 1.807) is 0 Å². The van der Waals surface area contributed by atoms with Gasteiger partial charge in [-0.2, -0.15) is 0 Å². The largest absolute Gasteiger partial charge is 0.445 e. The molecular formula is C17H13NOS. The maximum absolute atomic E-state index is 5.66.